The van der Waals surface area contributed by atoms with Gasteiger partial charge in [-0.15, -0.1) is 0 Å². The molecule has 4 rings (SSSR count). The van der Waals surface area contributed by atoms with Gasteiger partial charge >= 0.3 is 0 Å². The molecular weight excluding hydrogens is 408 g/mol. The van der Waals surface area contributed by atoms with Gasteiger partial charge in [-0.2, -0.15) is 8.42 Å². The van der Waals surface area contributed by atoms with Crippen LogP contribution < -0.4 is 4.74 Å². The van der Waals surface area contributed by atoms with Crippen molar-refractivity contribution < 1.29 is 17.7 Å². The second-order valence-corrected chi connectivity index (χ2v) is 9.90. The maximum absolute atomic E-state index is 9.19. The minimum atomic E-state index is -3.67. The number of likely N-dealkylation sites (N-methyl/N-ethyl adjacent to an activating group) is 1. The van der Waals surface area contributed by atoms with E-state index in [0.29, 0.717) is 12.3 Å². The number of hydrogen-bond acceptors (Lipinski definition) is 6. The Morgan fingerprint density at radius 3 is 2.38 bits per heavy atom. The van der Waals surface area contributed by atoms with E-state index in [4.69, 9.17) is 9.29 Å². The molecule has 2 heterocycles. The molecule has 2 aromatic carbocycles. The summed E-state index contributed by atoms with van der Waals surface area (Å²) in [6.45, 7) is 4.55. The molecular formula is C21H28N2O4S2. The Morgan fingerprint density at radius 2 is 1.72 bits per heavy atom. The normalized spacial score (nSPS) is 19.9. The summed E-state index contributed by atoms with van der Waals surface area (Å²) < 4.78 is 31.6. The highest BCUT2D eigenvalue weighted by Gasteiger charge is 2.30. The summed E-state index contributed by atoms with van der Waals surface area (Å²) in [5, 5.41) is 0. The number of methoxy groups -OCH3 is 1. The third-order valence-electron chi connectivity index (χ3n) is 5.16. The maximum Gasteiger partial charge on any atom is 0.261 e. The van der Waals surface area contributed by atoms with Gasteiger partial charge in [-0.05, 0) is 36.7 Å². The van der Waals surface area contributed by atoms with Gasteiger partial charge in [0.15, 0.2) is 0 Å². The first kappa shape index (κ1) is 22.1. The van der Waals surface area contributed by atoms with E-state index in [-0.39, 0.29) is 0 Å². The van der Waals surface area contributed by atoms with Crippen LogP contribution in [0.5, 0.6) is 5.75 Å². The van der Waals surface area contributed by atoms with E-state index in [1.807, 2.05) is 11.8 Å². The first-order valence-electron chi connectivity index (χ1n) is 9.54. The first-order chi connectivity index (χ1) is 13.8. The minimum absolute atomic E-state index is 0.431. The van der Waals surface area contributed by atoms with Gasteiger partial charge in [0.2, 0.25) is 0 Å². The monoisotopic (exact) mass is 436 g/mol. The van der Waals surface area contributed by atoms with Crippen LogP contribution in [0.15, 0.2) is 52.3 Å². The van der Waals surface area contributed by atoms with Crippen LogP contribution in [-0.2, 0) is 16.5 Å². The molecule has 1 fully saturated rings. The van der Waals surface area contributed by atoms with E-state index >= 15 is 0 Å². The lowest BCUT2D eigenvalue weighted by Crippen LogP contribution is -2.46. The molecule has 158 valence electrons. The first-order valence-corrected chi connectivity index (χ1v) is 12.2. The molecule has 2 aromatic rings. The highest BCUT2D eigenvalue weighted by molar-refractivity contribution is 7.99. The van der Waals surface area contributed by atoms with Gasteiger partial charge in [0.25, 0.3) is 10.1 Å². The molecule has 29 heavy (non-hydrogen) atoms. The molecule has 0 aliphatic carbocycles. The van der Waals surface area contributed by atoms with Crippen molar-refractivity contribution in [3.8, 4) is 5.75 Å². The predicted molar refractivity (Wildman–Crippen MR) is 117 cm³/mol. The van der Waals surface area contributed by atoms with E-state index in [1.165, 1.54) is 20.9 Å². The molecule has 2 aliphatic heterocycles. The van der Waals surface area contributed by atoms with Gasteiger partial charge in [-0.1, -0.05) is 42.1 Å². The number of hydrogen-bond donors (Lipinski definition) is 1. The fourth-order valence-corrected chi connectivity index (χ4v) is 4.95. The molecule has 1 unspecified atom stereocenters. The maximum atomic E-state index is 9.19. The van der Waals surface area contributed by atoms with Gasteiger partial charge in [0.05, 0.1) is 18.3 Å². The van der Waals surface area contributed by atoms with Gasteiger partial charge in [-0.3, -0.25) is 9.45 Å². The molecule has 0 spiro atoms. The number of piperazine rings is 1. The summed E-state index contributed by atoms with van der Waals surface area (Å²) in [5.74, 6) is 0.994. The quantitative estimate of drug-likeness (QED) is 0.725. The minimum Gasteiger partial charge on any atom is -0.496 e. The van der Waals surface area contributed by atoms with Crippen LogP contribution in [0.3, 0.4) is 0 Å². The molecule has 0 amide bonds. The molecule has 2 aliphatic rings. The third-order valence-corrected chi connectivity index (χ3v) is 6.42. The largest absolute Gasteiger partial charge is 0.496 e. The lowest BCUT2D eigenvalue weighted by atomic mass is 9.96. The summed E-state index contributed by atoms with van der Waals surface area (Å²) in [5.41, 5.74) is 2.87. The number of benzene rings is 2. The zero-order chi connectivity index (χ0) is 21.0. The standard InChI is InChI=1S/C20H24N2OS.CH4O3S/c1-21-10-12-22(13-11-21)17-14-15-6-3-4-9-19(15)24-20-16(17)7-5-8-18(20)23-2;1-5(2,3)4/h3-9,17H,10-14H2,1-2H3;1H3,(H,2,3,4). The predicted octanol–water partition coefficient (Wildman–Crippen LogP) is 3.20. The Hall–Kier alpha value is -1.58. The van der Waals surface area contributed by atoms with Gasteiger partial charge < -0.3 is 9.64 Å². The Kier molecular flexibility index (Phi) is 7.23. The Bertz CT molecular complexity index is 933. The number of nitrogens with zero attached hydrogens (tertiary/aromatic N) is 2. The second kappa shape index (κ2) is 9.49. The summed E-state index contributed by atoms with van der Waals surface area (Å²) in [6, 6.07) is 15.8. The zero-order valence-corrected chi connectivity index (χ0v) is 18.7. The molecule has 0 radical (unpaired) electrons. The Labute approximate surface area is 177 Å². The molecule has 0 aromatic heterocycles. The zero-order valence-electron chi connectivity index (χ0n) is 17.0. The van der Waals surface area contributed by atoms with Crippen molar-refractivity contribution in [3.63, 3.8) is 0 Å². The van der Waals surface area contributed by atoms with Crippen molar-refractivity contribution in [1.29, 1.82) is 0 Å². The Balaban J connectivity index is 0.000000431. The average molecular weight is 437 g/mol. The van der Waals surface area contributed by atoms with Crippen molar-refractivity contribution in [2.45, 2.75) is 22.3 Å². The number of rotatable bonds is 2. The topological polar surface area (TPSA) is 70.1 Å². The lowest BCUT2D eigenvalue weighted by molar-refractivity contribution is 0.109. The molecule has 8 heteroatoms. The van der Waals surface area contributed by atoms with Gasteiger partial charge in [-0.25, -0.2) is 0 Å². The SMILES string of the molecule is COc1cccc2c1Sc1ccccc1CC2N1CCN(C)CC1.CS(=O)(=O)O. The van der Waals surface area contributed by atoms with Crippen LogP contribution in [-0.4, -0.2) is 69.4 Å². The van der Waals surface area contributed by atoms with Crippen LogP contribution in [0.25, 0.3) is 0 Å². The van der Waals surface area contributed by atoms with Crippen LogP contribution in [0.2, 0.25) is 0 Å². The molecule has 6 nitrogen and oxygen atoms in total. The van der Waals surface area contributed by atoms with Crippen molar-refractivity contribution in [3.05, 3.63) is 53.6 Å². The summed E-state index contributed by atoms with van der Waals surface area (Å²) in [6.07, 6.45) is 1.79. The molecule has 1 atom stereocenters. The second-order valence-electron chi connectivity index (χ2n) is 7.38. The molecule has 1 saturated heterocycles. The van der Waals surface area contributed by atoms with E-state index in [9.17, 15) is 8.42 Å². The van der Waals surface area contributed by atoms with Crippen molar-refractivity contribution >= 4 is 21.9 Å². The van der Waals surface area contributed by atoms with Crippen LogP contribution >= 0.6 is 11.8 Å². The lowest BCUT2D eigenvalue weighted by Gasteiger charge is -2.38. The van der Waals surface area contributed by atoms with Crippen LogP contribution in [0.4, 0.5) is 0 Å². The van der Waals surface area contributed by atoms with Crippen LogP contribution in [0, 0.1) is 0 Å². The van der Waals surface area contributed by atoms with Crippen molar-refractivity contribution in [2.24, 2.45) is 0 Å². The average Bonchev–Trinajstić information content (AvgIpc) is 2.84. The van der Waals surface area contributed by atoms with E-state index in [1.54, 1.807) is 7.11 Å². The summed E-state index contributed by atoms with van der Waals surface area (Å²) in [4.78, 5) is 7.72. The smallest absolute Gasteiger partial charge is 0.261 e. The highest BCUT2D eigenvalue weighted by atomic mass is 32.2. The third kappa shape index (κ3) is 5.96. The molecule has 1 N–H and O–H groups in total. The van der Waals surface area contributed by atoms with Crippen molar-refractivity contribution in [2.75, 3.05) is 46.6 Å². The Morgan fingerprint density at radius 1 is 1.07 bits per heavy atom. The number of fused-ring (bicyclic) bond motifs is 2. The van der Waals surface area contributed by atoms with E-state index in [2.05, 4.69) is 59.3 Å². The van der Waals surface area contributed by atoms with E-state index in [0.717, 1.165) is 38.3 Å². The fourth-order valence-electron chi connectivity index (χ4n) is 3.72. The van der Waals surface area contributed by atoms with Crippen LogP contribution in [0.1, 0.15) is 17.2 Å². The van der Waals surface area contributed by atoms with Gasteiger partial charge in [0.1, 0.15) is 5.75 Å². The summed E-state index contributed by atoms with van der Waals surface area (Å²) >= 11 is 1.86. The molecule has 0 saturated carbocycles. The fraction of sp³-hybridized carbons (Fsp3) is 0.429. The number of ether oxygens (including phenoxy) is 1. The van der Waals surface area contributed by atoms with Crippen molar-refractivity contribution in [1.82, 2.24) is 9.80 Å². The molecule has 0 bridgehead atoms. The summed E-state index contributed by atoms with van der Waals surface area (Å²) in [7, 11) is 0.324. The highest BCUT2D eigenvalue weighted by Crippen LogP contribution is 2.46. The van der Waals surface area contributed by atoms with Gasteiger partial charge in [0, 0.05) is 37.1 Å². The van der Waals surface area contributed by atoms with E-state index < -0.39 is 10.1 Å².